The monoisotopic (exact) mass is 422 g/mol. The van der Waals surface area contributed by atoms with Crippen molar-refractivity contribution in [1.82, 2.24) is 4.98 Å². The Morgan fingerprint density at radius 3 is 2.43 bits per heavy atom. The molecule has 7 heteroatoms. The van der Waals surface area contributed by atoms with Crippen LogP contribution in [0.25, 0.3) is 10.9 Å². The van der Waals surface area contributed by atoms with E-state index in [0.29, 0.717) is 30.2 Å². The highest BCUT2D eigenvalue weighted by Crippen LogP contribution is 2.36. The number of anilines is 1. The zero-order valence-electron chi connectivity index (χ0n) is 16.9. The highest BCUT2D eigenvalue weighted by atomic mass is 32.2. The van der Waals surface area contributed by atoms with Crippen molar-refractivity contribution in [2.45, 2.75) is 25.3 Å². The van der Waals surface area contributed by atoms with Crippen molar-refractivity contribution in [3.63, 3.8) is 0 Å². The lowest BCUT2D eigenvalue weighted by Gasteiger charge is -2.19. The van der Waals surface area contributed by atoms with Crippen molar-refractivity contribution in [3.05, 3.63) is 53.6 Å². The van der Waals surface area contributed by atoms with Gasteiger partial charge in [0.15, 0.2) is 17.3 Å². The Morgan fingerprint density at radius 2 is 1.77 bits per heavy atom. The van der Waals surface area contributed by atoms with Gasteiger partial charge in [-0.15, -0.1) is 0 Å². The summed E-state index contributed by atoms with van der Waals surface area (Å²) in [6.45, 7) is 4.66. The van der Waals surface area contributed by atoms with Crippen LogP contribution in [0.1, 0.15) is 29.8 Å². The number of ether oxygens (including phenoxy) is 2. The first-order valence-electron chi connectivity index (χ1n) is 9.80. The number of aryl methyl sites for hydroxylation is 1. The van der Waals surface area contributed by atoms with E-state index in [0.717, 1.165) is 33.7 Å². The first-order chi connectivity index (χ1) is 14.5. The molecular formula is C23H22N2O4S. The molecule has 0 aliphatic carbocycles. The van der Waals surface area contributed by atoms with Crippen molar-refractivity contribution >= 4 is 40.0 Å². The molecule has 4 rings (SSSR count). The summed E-state index contributed by atoms with van der Waals surface area (Å²) in [5, 5.41) is 4.69. The number of carbonyl (C=O) groups excluding carboxylic acids is 2. The second-order valence-electron chi connectivity index (χ2n) is 6.97. The van der Waals surface area contributed by atoms with Crippen LogP contribution in [0.5, 0.6) is 11.5 Å². The molecule has 2 heterocycles. The van der Waals surface area contributed by atoms with Gasteiger partial charge in [-0.3, -0.25) is 9.59 Å². The molecule has 0 bridgehead atoms. The van der Waals surface area contributed by atoms with Crippen molar-refractivity contribution in [2.75, 3.05) is 24.3 Å². The number of hydrogen-bond acceptors (Lipinski definition) is 6. The maximum Gasteiger partial charge on any atom is 0.234 e. The number of ketones is 1. The average molecular weight is 423 g/mol. The van der Waals surface area contributed by atoms with Gasteiger partial charge in [0.2, 0.25) is 5.91 Å². The van der Waals surface area contributed by atoms with Gasteiger partial charge in [0.1, 0.15) is 18.2 Å². The molecule has 3 aromatic rings. The van der Waals surface area contributed by atoms with Crippen LogP contribution >= 0.6 is 11.8 Å². The largest absolute Gasteiger partial charge is 0.486 e. The van der Waals surface area contributed by atoms with Crippen LogP contribution in [0, 0.1) is 0 Å². The van der Waals surface area contributed by atoms with Crippen LogP contribution in [-0.4, -0.2) is 35.6 Å². The third-order valence-electron chi connectivity index (χ3n) is 4.81. The number of benzene rings is 2. The zero-order chi connectivity index (χ0) is 21.1. The molecule has 0 radical (unpaired) electrons. The van der Waals surface area contributed by atoms with Crippen LogP contribution in [0.3, 0.4) is 0 Å². The van der Waals surface area contributed by atoms with Gasteiger partial charge in [-0.05, 0) is 55.3 Å². The fourth-order valence-corrected chi connectivity index (χ4v) is 4.13. The Labute approximate surface area is 179 Å². The van der Waals surface area contributed by atoms with E-state index in [-0.39, 0.29) is 17.4 Å². The number of nitrogens with one attached hydrogen (secondary N) is 1. The van der Waals surface area contributed by atoms with Gasteiger partial charge in [-0.2, -0.15) is 0 Å². The number of Topliss-reactive ketones (excluding diaryl/α,β-unsaturated/α-hetero) is 1. The third kappa shape index (κ3) is 4.41. The number of nitrogens with zero attached hydrogens (tertiary/aromatic N) is 1. The fraction of sp³-hybridized carbons (Fsp3) is 0.261. The molecule has 0 fully saturated rings. The second-order valence-corrected chi connectivity index (χ2v) is 7.93. The quantitative estimate of drug-likeness (QED) is 0.465. The topological polar surface area (TPSA) is 77.5 Å². The summed E-state index contributed by atoms with van der Waals surface area (Å²) in [7, 11) is 0. The number of thioether (sulfide) groups is 1. The van der Waals surface area contributed by atoms with E-state index in [1.807, 2.05) is 12.1 Å². The summed E-state index contributed by atoms with van der Waals surface area (Å²) in [6.07, 6.45) is 0.813. The summed E-state index contributed by atoms with van der Waals surface area (Å²) in [5.41, 5.74) is 3.19. The predicted octanol–water partition coefficient (Wildman–Crippen LogP) is 4.50. The fourth-order valence-electron chi connectivity index (χ4n) is 3.23. The maximum atomic E-state index is 12.4. The molecule has 0 spiro atoms. The minimum absolute atomic E-state index is 0.00358. The molecule has 2 aromatic carbocycles. The van der Waals surface area contributed by atoms with Gasteiger partial charge in [0, 0.05) is 22.7 Å². The number of aromatic nitrogens is 1. The molecule has 1 aromatic heterocycles. The predicted molar refractivity (Wildman–Crippen MR) is 118 cm³/mol. The lowest BCUT2D eigenvalue weighted by Crippen LogP contribution is -2.15. The summed E-state index contributed by atoms with van der Waals surface area (Å²) in [5.74, 6) is 1.56. The molecule has 1 aliphatic rings. The SMILES string of the molecule is CCc1cc2cc3c(cc2nc1SCC(=O)Nc1ccc(C(C)=O)cc1)OCCO3. The number of rotatable bonds is 6. The van der Waals surface area contributed by atoms with Crippen molar-refractivity contribution in [3.8, 4) is 11.5 Å². The maximum absolute atomic E-state index is 12.4. The Kier molecular flexibility index (Phi) is 5.90. The van der Waals surface area contributed by atoms with E-state index in [4.69, 9.17) is 14.5 Å². The van der Waals surface area contributed by atoms with Gasteiger partial charge < -0.3 is 14.8 Å². The molecule has 0 saturated carbocycles. The number of fused-ring (bicyclic) bond motifs is 2. The normalized spacial score (nSPS) is 12.6. The van der Waals surface area contributed by atoms with Gasteiger partial charge in [0.05, 0.1) is 11.3 Å². The standard InChI is InChI=1S/C23H22N2O4S/c1-3-15-10-17-11-20-21(29-9-8-28-20)12-19(17)25-23(15)30-13-22(27)24-18-6-4-16(5-7-18)14(2)26/h4-7,10-12H,3,8-9,13H2,1-2H3,(H,24,27). The Morgan fingerprint density at radius 1 is 1.07 bits per heavy atom. The van der Waals surface area contributed by atoms with Crippen molar-refractivity contribution in [1.29, 1.82) is 0 Å². The summed E-state index contributed by atoms with van der Waals surface area (Å²) >= 11 is 1.41. The van der Waals surface area contributed by atoms with Gasteiger partial charge in [-0.25, -0.2) is 4.98 Å². The number of carbonyl (C=O) groups is 2. The van der Waals surface area contributed by atoms with E-state index in [2.05, 4.69) is 18.3 Å². The second kappa shape index (κ2) is 8.75. The third-order valence-corrected chi connectivity index (χ3v) is 5.85. The van der Waals surface area contributed by atoms with Crippen molar-refractivity contribution < 1.29 is 19.1 Å². The van der Waals surface area contributed by atoms with E-state index >= 15 is 0 Å². The minimum atomic E-state index is -0.123. The number of hydrogen-bond donors (Lipinski definition) is 1. The molecule has 1 N–H and O–H groups in total. The van der Waals surface area contributed by atoms with E-state index in [1.54, 1.807) is 24.3 Å². The van der Waals surface area contributed by atoms with Crippen molar-refractivity contribution in [2.24, 2.45) is 0 Å². The molecular weight excluding hydrogens is 400 g/mol. The highest BCUT2D eigenvalue weighted by Gasteiger charge is 2.16. The van der Waals surface area contributed by atoms with E-state index < -0.39 is 0 Å². The average Bonchev–Trinajstić information content (AvgIpc) is 2.76. The molecule has 154 valence electrons. The van der Waals surface area contributed by atoms with Gasteiger partial charge in [-0.1, -0.05) is 18.7 Å². The molecule has 6 nitrogen and oxygen atoms in total. The van der Waals surface area contributed by atoms with Crippen LogP contribution in [0.2, 0.25) is 0 Å². The molecule has 1 aliphatic heterocycles. The van der Waals surface area contributed by atoms with Gasteiger partial charge in [0.25, 0.3) is 0 Å². The van der Waals surface area contributed by atoms with Crippen LogP contribution in [-0.2, 0) is 11.2 Å². The Balaban J connectivity index is 1.48. The number of amides is 1. The minimum Gasteiger partial charge on any atom is -0.486 e. The lowest BCUT2D eigenvalue weighted by atomic mass is 10.1. The molecule has 0 saturated heterocycles. The molecule has 0 atom stereocenters. The lowest BCUT2D eigenvalue weighted by molar-refractivity contribution is -0.113. The van der Waals surface area contributed by atoms with Gasteiger partial charge >= 0.3 is 0 Å². The highest BCUT2D eigenvalue weighted by molar-refractivity contribution is 8.00. The van der Waals surface area contributed by atoms with E-state index in [1.165, 1.54) is 18.7 Å². The Hall–Kier alpha value is -3.06. The molecule has 30 heavy (non-hydrogen) atoms. The summed E-state index contributed by atoms with van der Waals surface area (Å²) in [4.78, 5) is 28.5. The Bertz CT molecular complexity index is 1110. The summed E-state index contributed by atoms with van der Waals surface area (Å²) < 4.78 is 11.3. The first-order valence-corrected chi connectivity index (χ1v) is 10.8. The first kappa shape index (κ1) is 20.2. The van der Waals surface area contributed by atoms with Crippen LogP contribution < -0.4 is 14.8 Å². The van der Waals surface area contributed by atoms with Crippen LogP contribution in [0.15, 0.2) is 47.5 Å². The number of pyridine rings is 1. The zero-order valence-corrected chi connectivity index (χ0v) is 17.7. The summed E-state index contributed by atoms with van der Waals surface area (Å²) in [6, 6.07) is 12.8. The molecule has 0 unspecified atom stereocenters. The smallest absolute Gasteiger partial charge is 0.234 e. The molecule has 1 amide bonds. The van der Waals surface area contributed by atoms with E-state index in [9.17, 15) is 9.59 Å². The van der Waals surface area contributed by atoms with Crippen LogP contribution in [0.4, 0.5) is 5.69 Å².